The number of unbranched alkanes of at least 4 members (excludes halogenated alkanes) is 1. The molecule has 0 unspecified atom stereocenters. The van der Waals surface area contributed by atoms with Gasteiger partial charge in [-0.25, -0.2) is 9.78 Å². The number of nitrogens with zero attached hydrogens (tertiary/aromatic N) is 1. The number of alkyl halides is 1. The molecule has 0 saturated heterocycles. The predicted molar refractivity (Wildman–Crippen MR) is 110 cm³/mol. The number of benzene rings is 1. The summed E-state index contributed by atoms with van der Waals surface area (Å²) in [6, 6.07) is 5.84. The first-order valence-electron chi connectivity index (χ1n) is 9.37. The molecule has 0 aliphatic heterocycles. The molecule has 150 valence electrons. The summed E-state index contributed by atoms with van der Waals surface area (Å²) in [6.45, 7) is 4.43. The van der Waals surface area contributed by atoms with Crippen LogP contribution in [0.3, 0.4) is 0 Å². The smallest absolute Gasteiger partial charge is 0.357 e. The number of H-pyrrole nitrogens is 1. The molecule has 7 heteroatoms. The van der Waals surface area contributed by atoms with Crippen LogP contribution in [0, 0.1) is 0 Å². The number of hydrogen-bond donors (Lipinski definition) is 1. The van der Waals surface area contributed by atoms with Gasteiger partial charge in [0.05, 0.1) is 36.5 Å². The second-order valence-corrected chi connectivity index (χ2v) is 7.19. The van der Waals surface area contributed by atoms with E-state index < -0.39 is 5.97 Å². The summed E-state index contributed by atoms with van der Waals surface area (Å²) in [5.74, 6) is 0.912. The first kappa shape index (κ1) is 20.4. The third-order valence-electron chi connectivity index (χ3n) is 4.34. The Kier molecular flexibility index (Phi) is 6.75. The number of carbonyl (C=O) groups is 1. The molecular formula is C21H25ClN2O4. The Balaban J connectivity index is 2.15. The van der Waals surface area contributed by atoms with Gasteiger partial charge in [-0.05, 0) is 38.8 Å². The summed E-state index contributed by atoms with van der Waals surface area (Å²) < 4.78 is 16.8. The monoisotopic (exact) mass is 404 g/mol. The molecule has 28 heavy (non-hydrogen) atoms. The fourth-order valence-corrected chi connectivity index (χ4v) is 3.39. The maximum atomic E-state index is 12.6. The lowest BCUT2D eigenvalue weighted by atomic mass is 10.0. The number of pyridine rings is 1. The molecule has 0 aliphatic rings. The van der Waals surface area contributed by atoms with Crippen molar-refractivity contribution in [2.45, 2.75) is 39.4 Å². The summed E-state index contributed by atoms with van der Waals surface area (Å²) in [5.41, 5.74) is 2.69. The number of carbonyl (C=O) groups excluding carboxylic acids is 1. The largest absolute Gasteiger partial charge is 0.493 e. The Morgan fingerprint density at radius 2 is 2.04 bits per heavy atom. The van der Waals surface area contributed by atoms with Crippen molar-refractivity contribution in [1.29, 1.82) is 0 Å². The lowest BCUT2D eigenvalue weighted by molar-refractivity contribution is 0.0366. The minimum Gasteiger partial charge on any atom is -0.493 e. The van der Waals surface area contributed by atoms with Crippen molar-refractivity contribution in [3.8, 4) is 5.75 Å². The Labute approximate surface area is 169 Å². The number of esters is 1. The van der Waals surface area contributed by atoms with Crippen molar-refractivity contribution in [3.05, 3.63) is 35.7 Å². The van der Waals surface area contributed by atoms with Crippen LogP contribution in [0.1, 0.15) is 42.7 Å². The molecule has 0 amide bonds. The van der Waals surface area contributed by atoms with E-state index in [4.69, 9.17) is 25.8 Å². The van der Waals surface area contributed by atoms with Crippen molar-refractivity contribution in [2.75, 3.05) is 19.6 Å². The molecule has 0 spiro atoms. The van der Waals surface area contributed by atoms with Gasteiger partial charge in [0, 0.05) is 29.3 Å². The molecular weight excluding hydrogens is 380 g/mol. The van der Waals surface area contributed by atoms with Crippen LogP contribution in [0.15, 0.2) is 24.4 Å². The molecule has 1 N–H and O–H groups in total. The number of fused-ring (bicyclic) bond motifs is 3. The standard InChI is InChI=1S/C21H25ClN2O4/c1-13(2)28-21(25)20-14(12-26-3)18-16(11-23-20)24-15-7-6-8-17(19(15)18)27-10-5-4-9-22/h6-8,11,13,24H,4-5,9-10,12H2,1-3H3. The molecule has 0 aliphatic carbocycles. The SMILES string of the molecule is COCc1c(C(=O)OC(C)C)ncc2[nH]c3cccc(OCCCCCl)c3c12. The fourth-order valence-electron chi connectivity index (χ4n) is 3.20. The quantitative estimate of drug-likeness (QED) is 0.314. The van der Waals surface area contributed by atoms with Crippen molar-refractivity contribution in [3.63, 3.8) is 0 Å². The Morgan fingerprint density at radius 1 is 1.21 bits per heavy atom. The average Bonchev–Trinajstić information content (AvgIpc) is 3.04. The third kappa shape index (κ3) is 4.23. The summed E-state index contributed by atoms with van der Waals surface area (Å²) in [5, 5.41) is 1.78. The number of aromatic nitrogens is 2. The van der Waals surface area contributed by atoms with Crippen LogP contribution in [-0.4, -0.2) is 41.6 Å². The number of hydrogen-bond acceptors (Lipinski definition) is 5. The van der Waals surface area contributed by atoms with Crippen LogP contribution in [0.25, 0.3) is 21.8 Å². The van der Waals surface area contributed by atoms with Crippen molar-refractivity contribution >= 4 is 39.4 Å². The van der Waals surface area contributed by atoms with Crippen molar-refractivity contribution < 1.29 is 19.0 Å². The van der Waals surface area contributed by atoms with Gasteiger partial charge < -0.3 is 19.2 Å². The van der Waals surface area contributed by atoms with Crippen LogP contribution in [0.2, 0.25) is 0 Å². The topological polar surface area (TPSA) is 73.4 Å². The van der Waals surface area contributed by atoms with E-state index in [9.17, 15) is 4.79 Å². The molecule has 2 heterocycles. The van der Waals surface area contributed by atoms with Gasteiger partial charge >= 0.3 is 5.97 Å². The minimum atomic E-state index is -0.459. The number of rotatable bonds is 9. The van der Waals surface area contributed by atoms with Crippen LogP contribution < -0.4 is 4.74 Å². The van der Waals surface area contributed by atoms with Gasteiger partial charge in [0.2, 0.25) is 0 Å². The number of halogens is 1. The molecule has 0 bridgehead atoms. The van der Waals surface area contributed by atoms with Crippen LogP contribution >= 0.6 is 11.6 Å². The fraction of sp³-hybridized carbons (Fsp3) is 0.429. The van der Waals surface area contributed by atoms with E-state index in [1.165, 1.54) is 0 Å². The highest BCUT2D eigenvalue weighted by Crippen LogP contribution is 2.36. The first-order chi connectivity index (χ1) is 13.6. The van der Waals surface area contributed by atoms with Gasteiger partial charge in [-0.1, -0.05) is 6.07 Å². The summed E-state index contributed by atoms with van der Waals surface area (Å²) in [4.78, 5) is 20.3. The van der Waals surface area contributed by atoms with E-state index in [0.717, 1.165) is 40.4 Å². The van der Waals surface area contributed by atoms with E-state index in [1.54, 1.807) is 13.3 Å². The van der Waals surface area contributed by atoms with E-state index in [2.05, 4.69) is 9.97 Å². The van der Waals surface area contributed by atoms with E-state index >= 15 is 0 Å². The highest BCUT2D eigenvalue weighted by Gasteiger charge is 2.22. The molecule has 0 saturated carbocycles. The second-order valence-electron chi connectivity index (χ2n) is 6.81. The predicted octanol–water partition coefficient (Wildman–Crippen LogP) is 4.83. The van der Waals surface area contributed by atoms with Gasteiger partial charge in [0.1, 0.15) is 5.75 Å². The van der Waals surface area contributed by atoms with Crippen molar-refractivity contribution in [2.24, 2.45) is 0 Å². The zero-order valence-corrected chi connectivity index (χ0v) is 17.1. The van der Waals surface area contributed by atoms with Crippen LogP contribution in [0.5, 0.6) is 5.75 Å². The molecule has 2 aromatic heterocycles. The lowest BCUT2D eigenvalue weighted by Crippen LogP contribution is -2.15. The van der Waals surface area contributed by atoms with Gasteiger partial charge in [-0.15, -0.1) is 11.6 Å². The Hall–Kier alpha value is -2.31. The van der Waals surface area contributed by atoms with Gasteiger partial charge in [0.25, 0.3) is 0 Å². The average molecular weight is 405 g/mol. The van der Waals surface area contributed by atoms with Gasteiger partial charge in [-0.3, -0.25) is 0 Å². The van der Waals surface area contributed by atoms with E-state index in [1.807, 2.05) is 32.0 Å². The van der Waals surface area contributed by atoms with Crippen LogP contribution in [0.4, 0.5) is 0 Å². The first-order valence-corrected chi connectivity index (χ1v) is 9.91. The molecule has 6 nitrogen and oxygen atoms in total. The highest BCUT2D eigenvalue weighted by molar-refractivity contribution is 6.17. The van der Waals surface area contributed by atoms with E-state index in [0.29, 0.717) is 18.1 Å². The second kappa shape index (κ2) is 9.26. The molecule has 3 rings (SSSR count). The van der Waals surface area contributed by atoms with Gasteiger partial charge in [0.15, 0.2) is 5.69 Å². The third-order valence-corrected chi connectivity index (χ3v) is 4.60. The molecule has 0 fully saturated rings. The zero-order valence-electron chi connectivity index (χ0n) is 16.4. The maximum absolute atomic E-state index is 12.6. The zero-order chi connectivity index (χ0) is 20.1. The summed E-state index contributed by atoms with van der Waals surface area (Å²) in [7, 11) is 1.59. The highest BCUT2D eigenvalue weighted by atomic mass is 35.5. The number of nitrogens with one attached hydrogen (secondary N) is 1. The Morgan fingerprint density at radius 3 is 2.75 bits per heavy atom. The molecule has 3 aromatic rings. The molecule has 0 radical (unpaired) electrons. The molecule has 0 atom stereocenters. The van der Waals surface area contributed by atoms with E-state index in [-0.39, 0.29) is 18.4 Å². The summed E-state index contributed by atoms with van der Waals surface area (Å²) >= 11 is 5.75. The maximum Gasteiger partial charge on any atom is 0.357 e. The number of methoxy groups -OCH3 is 1. The normalized spacial score (nSPS) is 11.5. The number of ether oxygens (including phenoxy) is 3. The number of aromatic amines is 1. The minimum absolute atomic E-state index is 0.232. The van der Waals surface area contributed by atoms with Crippen LogP contribution in [-0.2, 0) is 16.1 Å². The van der Waals surface area contributed by atoms with Gasteiger partial charge in [-0.2, -0.15) is 0 Å². The summed E-state index contributed by atoms with van der Waals surface area (Å²) in [6.07, 6.45) is 3.20. The lowest BCUT2D eigenvalue weighted by Gasteiger charge is -2.13. The van der Waals surface area contributed by atoms with Crippen molar-refractivity contribution in [1.82, 2.24) is 9.97 Å². The molecule has 1 aromatic carbocycles. The Bertz CT molecular complexity index is 968.